The van der Waals surface area contributed by atoms with E-state index in [2.05, 4.69) is 5.32 Å². The highest BCUT2D eigenvalue weighted by Crippen LogP contribution is 2.36. The van der Waals surface area contributed by atoms with Crippen LogP contribution in [0.3, 0.4) is 0 Å². The molecule has 0 aromatic heterocycles. The molecule has 112 valence electrons. The summed E-state index contributed by atoms with van der Waals surface area (Å²) >= 11 is 0. The van der Waals surface area contributed by atoms with E-state index in [9.17, 15) is 13.2 Å². The normalized spacial score (nSPS) is 18.8. The maximum atomic E-state index is 12.8. The van der Waals surface area contributed by atoms with Crippen LogP contribution in [0.2, 0.25) is 0 Å². The average molecular weight is 286 g/mol. The number of rotatable bonds is 3. The summed E-state index contributed by atoms with van der Waals surface area (Å²) in [7, 11) is 0. The fourth-order valence-electron chi connectivity index (χ4n) is 2.91. The first-order valence-corrected chi connectivity index (χ1v) is 7.11. The van der Waals surface area contributed by atoms with Crippen LogP contribution >= 0.6 is 0 Å². The molecule has 0 aliphatic heterocycles. The van der Waals surface area contributed by atoms with E-state index in [-0.39, 0.29) is 11.7 Å². The zero-order valence-corrected chi connectivity index (χ0v) is 11.6. The van der Waals surface area contributed by atoms with E-state index in [4.69, 9.17) is 5.73 Å². The van der Waals surface area contributed by atoms with E-state index in [1.807, 2.05) is 6.92 Å². The molecule has 0 radical (unpaired) electrons. The third-order valence-electron chi connectivity index (χ3n) is 4.11. The van der Waals surface area contributed by atoms with Crippen LogP contribution in [0.1, 0.15) is 44.6 Å². The van der Waals surface area contributed by atoms with Gasteiger partial charge in [0.1, 0.15) is 0 Å². The SMILES string of the molecule is CC(Nc1ccc(N)c(C(F)(F)F)c1)C1CCCCC1. The number of nitrogens with two attached hydrogens (primary N) is 1. The number of hydrogen-bond acceptors (Lipinski definition) is 2. The first-order chi connectivity index (χ1) is 9.38. The zero-order chi connectivity index (χ0) is 14.8. The summed E-state index contributed by atoms with van der Waals surface area (Å²) in [5.41, 5.74) is 4.90. The van der Waals surface area contributed by atoms with Crippen molar-refractivity contribution in [1.29, 1.82) is 0 Å². The van der Waals surface area contributed by atoms with Gasteiger partial charge in [0.05, 0.1) is 5.56 Å². The van der Waals surface area contributed by atoms with E-state index >= 15 is 0 Å². The Morgan fingerprint density at radius 1 is 1.20 bits per heavy atom. The minimum Gasteiger partial charge on any atom is -0.398 e. The molecule has 1 aliphatic rings. The standard InChI is InChI=1S/C15H21F3N2/c1-10(11-5-3-2-4-6-11)20-12-7-8-14(19)13(9-12)15(16,17)18/h7-11,20H,2-6,19H2,1H3. The van der Waals surface area contributed by atoms with Crippen LogP contribution in [0.4, 0.5) is 24.5 Å². The zero-order valence-electron chi connectivity index (χ0n) is 11.6. The van der Waals surface area contributed by atoms with Crippen LogP contribution in [-0.4, -0.2) is 6.04 Å². The Bertz CT molecular complexity index is 451. The summed E-state index contributed by atoms with van der Waals surface area (Å²) in [5.74, 6) is 0.538. The predicted octanol–water partition coefficient (Wildman–Crippen LogP) is 4.67. The van der Waals surface area contributed by atoms with Gasteiger partial charge in [-0.15, -0.1) is 0 Å². The lowest BCUT2D eigenvalue weighted by molar-refractivity contribution is -0.136. The number of anilines is 2. The Morgan fingerprint density at radius 3 is 2.45 bits per heavy atom. The molecule has 0 saturated heterocycles. The molecule has 1 atom stereocenters. The minimum absolute atomic E-state index is 0.181. The molecule has 1 aliphatic carbocycles. The lowest BCUT2D eigenvalue weighted by Crippen LogP contribution is -2.27. The van der Waals surface area contributed by atoms with Gasteiger partial charge in [0.2, 0.25) is 0 Å². The van der Waals surface area contributed by atoms with Gasteiger partial charge in [-0.25, -0.2) is 0 Å². The van der Waals surface area contributed by atoms with Gasteiger partial charge >= 0.3 is 6.18 Å². The fourth-order valence-corrected chi connectivity index (χ4v) is 2.91. The second-order valence-electron chi connectivity index (χ2n) is 5.63. The van der Waals surface area contributed by atoms with Crippen molar-refractivity contribution in [2.75, 3.05) is 11.1 Å². The van der Waals surface area contributed by atoms with Gasteiger partial charge in [-0.2, -0.15) is 13.2 Å². The van der Waals surface area contributed by atoms with Gasteiger partial charge in [-0.1, -0.05) is 19.3 Å². The third kappa shape index (κ3) is 3.58. The van der Waals surface area contributed by atoms with Crippen molar-refractivity contribution < 1.29 is 13.2 Å². The number of nitrogens with one attached hydrogen (secondary N) is 1. The maximum absolute atomic E-state index is 12.8. The Labute approximate surface area is 117 Å². The minimum atomic E-state index is -4.41. The van der Waals surface area contributed by atoms with Gasteiger partial charge < -0.3 is 11.1 Å². The van der Waals surface area contributed by atoms with Crippen molar-refractivity contribution in [3.8, 4) is 0 Å². The topological polar surface area (TPSA) is 38.0 Å². The van der Waals surface area contributed by atoms with E-state index in [1.54, 1.807) is 6.07 Å². The van der Waals surface area contributed by atoms with E-state index in [0.717, 1.165) is 18.9 Å². The molecule has 5 heteroatoms. The van der Waals surface area contributed by atoms with Gasteiger partial charge in [0, 0.05) is 17.4 Å². The molecule has 0 amide bonds. The average Bonchev–Trinajstić information content (AvgIpc) is 2.40. The smallest absolute Gasteiger partial charge is 0.398 e. The van der Waals surface area contributed by atoms with E-state index < -0.39 is 11.7 Å². The molecule has 3 N–H and O–H groups in total. The Hall–Kier alpha value is -1.39. The van der Waals surface area contributed by atoms with Gasteiger partial charge in [0.25, 0.3) is 0 Å². The van der Waals surface area contributed by atoms with Crippen LogP contribution in [0.25, 0.3) is 0 Å². The molecule has 0 bridgehead atoms. The highest BCUT2D eigenvalue weighted by Gasteiger charge is 2.33. The lowest BCUT2D eigenvalue weighted by Gasteiger charge is -2.29. The number of alkyl halides is 3. The lowest BCUT2D eigenvalue weighted by atomic mass is 9.84. The number of halogens is 3. The third-order valence-corrected chi connectivity index (χ3v) is 4.11. The van der Waals surface area contributed by atoms with Crippen molar-refractivity contribution in [2.24, 2.45) is 5.92 Å². The number of benzene rings is 1. The summed E-state index contributed by atoms with van der Waals surface area (Å²) in [6, 6.07) is 4.22. The van der Waals surface area contributed by atoms with Crippen molar-refractivity contribution >= 4 is 11.4 Å². The van der Waals surface area contributed by atoms with Crippen molar-refractivity contribution in [3.05, 3.63) is 23.8 Å². The highest BCUT2D eigenvalue weighted by molar-refractivity contribution is 5.58. The quantitative estimate of drug-likeness (QED) is 0.792. The fraction of sp³-hybridized carbons (Fsp3) is 0.600. The summed E-state index contributed by atoms with van der Waals surface area (Å²) in [6.45, 7) is 2.04. The number of hydrogen-bond donors (Lipinski definition) is 2. The van der Waals surface area contributed by atoms with E-state index in [0.29, 0.717) is 11.6 Å². The summed E-state index contributed by atoms with van der Waals surface area (Å²) in [4.78, 5) is 0. The van der Waals surface area contributed by atoms with Crippen molar-refractivity contribution in [3.63, 3.8) is 0 Å². The van der Waals surface area contributed by atoms with E-state index in [1.165, 1.54) is 25.3 Å². The molecule has 2 nitrogen and oxygen atoms in total. The maximum Gasteiger partial charge on any atom is 0.418 e. The molecule has 0 heterocycles. The van der Waals surface area contributed by atoms with Gasteiger partial charge in [0.15, 0.2) is 0 Å². The molecular formula is C15H21F3N2. The monoisotopic (exact) mass is 286 g/mol. The Balaban J connectivity index is 2.09. The summed E-state index contributed by atoms with van der Waals surface area (Å²) in [6.07, 6.45) is 1.59. The predicted molar refractivity (Wildman–Crippen MR) is 75.5 cm³/mol. The van der Waals surface area contributed by atoms with Crippen LogP contribution in [0.5, 0.6) is 0 Å². The molecule has 0 spiro atoms. The molecule has 1 fully saturated rings. The Kier molecular flexibility index (Phi) is 4.45. The molecular weight excluding hydrogens is 265 g/mol. The molecule has 1 aromatic rings. The molecule has 20 heavy (non-hydrogen) atoms. The molecule has 2 rings (SSSR count). The first kappa shape index (κ1) is 15.0. The largest absolute Gasteiger partial charge is 0.418 e. The van der Waals surface area contributed by atoms with Crippen LogP contribution < -0.4 is 11.1 Å². The number of nitrogen functional groups attached to an aromatic ring is 1. The second-order valence-corrected chi connectivity index (χ2v) is 5.63. The summed E-state index contributed by atoms with van der Waals surface area (Å²) in [5, 5.41) is 3.20. The molecule has 1 aromatic carbocycles. The summed E-state index contributed by atoms with van der Waals surface area (Å²) < 4.78 is 38.4. The highest BCUT2D eigenvalue weighted by atomic mass is 19.4. The van der Waals surface area contributed by atoms with Crippen molar-refractivity contribution in [2.45, 2.75) is 51.2 Å². The first-order valence-electron chi connectivity index (χ1n) is 7.11. The van der Waals surface area contributed by atoms with Gasteiger partial charge in [-0.3, -0.25) is 0 Å². The second kappa shape index (κ2) is 5.94. The van der Waals surface area contributed by atoms with Crippen LogP contribution in [0, 0.1) is 5.92 Å². The van der Waals surface area contributed by atoms with Gasteiger partial charge in [-0.05, 0) is 43.9 Å². The molecule has 1 saturated carbocycles. The molecule has 1 unspecified atom stereocenters. The Morgan fingerprint density at radius 2 is 1.85 bits per heavy atom. The van der Waals surface area contributed by atoms with Crippen LogP contribution in [-0.2, 0) is 6.18 Å². The van der Waals surface area contributed by atoms with Crippen molar-refractivity contribution in [1.82, 2.24) is 0 Å². The van der Waals surface area contributed by atoms with Crippen LogP contribution in [0.15, 0.2) is 18.2 Å².